The van der Waals surface area contributed by atoms with Crippen molar-refractivity contribution in [1.29, 1.82) is 5.26 Å². The molecule has 6 rings (SSSR count). The smallest absolute Gasteiger partial charge is 0.318 e. The van der Waals surface area contributed by atoms with Gasteiger partial charge in [-0.2, -0.15) is 15.2 Å². The maximum Gasteiger partial charge on any atom is 0.318 e. The second-order valence-electron chi connectivity index (χ2n) is 12.8. The van der Waals surface area contributed by atoms with Crippen LogP contribution in [0.2, 0.25) is 5.02 Å². The predicted molar refractivity (Wildman–Crippen MR) is 174 cm³/mol. The van der Waals surface area contributed by atoms with Crippen LogP contribution in [0.15, 0.2) is 42.7 Å². The van der Waals surface area contributed by atoms with Gasteiger partial charge in [-0.3, -0.25) is 4.79 Å². The highest BCUT2D eigenvalue weighted by Crippen LogP contribution is 2.50. The van der Waals surface area contributed by atoms with E-state index in [-0.39, 0.29) is 29.4 Å². The lowest BCUT2D eigenvalue weighted by Crippen LogP contribution is -2.55. The molecule has 2 aliphatic heterocycles. The maximum absolute atomic E-state index is 14.6. The summed E-state index contributed by atoms with van der Waals surface area (Å²) in [6, 6.07) is 11.1. The van der Waals surface area contributed by atoms with Gasteiger partial charge in [-0.05, 0) is 57.8 Å². The normalized spacial score (nSPS) is 19.5. The van der Waals surface area contributed by atoms with Crippen LogP contribution in [0.4, 0.5) is 20.3 Å². The molecule has 242 valence electrons. The molecule has 0 bridgehead atoms. The summed E-state index contributed by atoms with van der Waals surface area (Å²) >= 11 is 6.50. The first-order chi connectivity index (χ1) is 22.0. The monoisotopic (exact) mass is 649 g/mol. The average molecular weight is 650 g/mol. The van der Waals surface area contributed by atoms with Gasteiger partial charge in [0.05, 0.1) is 42.4 Å². The average Bonchev–Trinajstić information content (AvgIpc) is 3.85. The van der Waals surface area contributed by atoms with Crippen LogP contribution in [0.1, 0.15) is 37.4 Å². The van der Waals surface area contributed by atoms with E-state index in [1.807, 2.05) is 18.2 Å². The minimum Gasteiger partial charge on any atom is -0.463 e. The van der Waals surface area contributed by atoms with Crippen LogP contribution in [0, 0.1) is 22.6 Å². The molecule has 3 aromatic rings. The van der Waals surface area contributed by atoms with E-state index in [1.54, 1.807) is 6.07 Å². The van der Waals surface area contributed by atoms with Crippen LogP contribution in [0.5, 0.6) is 6.01 Å². The number of halogens is 3. The van der Waals surface area contributed by atoms with Crippen molar-refractivity contribution in [3.63, 3.8) is 0 Å². The maximum atomic E-state index is 14.6. The zero-order chi connectivity index (χ0) is 32.7. The zero-order valence-electron chi connectivity index (χ0n) is 26.4. The van der Waals surface area contributed by atoms with Crippen molar-refractivity contribution in [1.82, 2.24) is 19.8 Å². The second-order valence-corrected chi connectivity index (χ2v) is 13.2. The van der Waals surface area contributed by atoms with E-state index in [9.17, 15) is 18.8 Å². The Morgan fingerprint density at radius 1 is 1.22 bits per heavy atom. The highest BCUT2D eigenvalue weighted by molar-refractivity contribution is 6.36. The number of hydrogen-bond donors (Lipinski definition) is 0. The summed E-state index contributed by atoms with van der Waals surface area (Å²) in [6.07, 6.45) is 2.76. The Morgan fingerprint density at radius 3 is 2.70 bits per heavy atom. The molecular formula is C34H38ClF2N7O2. The molecule has 9 nitrogen and oxygen atoms in total. The third-order valence-corrected chi connectivity index (χ3v) is 10.3. The molecule has 1 saturated carbocycles. The quantitative estimate of drug-likeness (QED) is 0.281. The van der Waals surface area contributed by atoms with Crippen molar-refractivity contribution in [2.45, 2.75) is 51.2 Å². The topological polar surface area (TPSA) is 88.8 Å². The van der Waals surface area contributed by atoms with Gasteiger partial charge in [-0.15, -0.1) is 0 Å². The van der Waals surface area contributed by atoms with Crippen molar-refractivity contribution < 1.29 is 18.3 Å². The van der Waals surface area contributed by atoms with Crippen LogP contribution in [0.25, 0.3) is 10.8 Å². The number of anilines is 2. The summed E-state index contributed by atoms with van der Waals surface area (Å²) in [5.74, 6) is -1.61. The Bertz CT molecular complexity index is 1720. The number of nitriles is 1. The van der Waals surface area contributed by atoms with Gasteiger partial charge >= 0.3 is 6.01 Å². The molecule has 1 amide bonds. The van der Waals surface area contributed by atoms with Crippen LogP contribution in [0.3, 0.4) is 0 Å². The van der Waals surface area contributed by atoms with Gasteiger partial charge in [-0.1, -0.05) is 36.4 Å². The number of fused-ring (bicyclic) bond motifs is 2. The molecule has 2 atom stereocenters. The fourth-order valence-electron chi connectivity index (χ4n) is 6.83. The lowest BCUT2D eigenvalue weighted by atomic mass is 9.98. The number of nitrogens with zero attached hydrogens (tertiary/aromatic N) is 7. The number of aromatic nitrogens is 2. The Balaban J connectivity index is 1.35. The summed E-state index contributed by atoms with van der Waals surface area (Å²) in [5, 5.41) is 11.1. The Labute approximate surface area is 273 Å². The Kier molecular flexibility index (Phi) is 8.79. The van der Waals surface area contributed by atoms with Crippen LogP contribution in [-0.4, -0.2) is 84.6 Å². The van der Waals surface area contributed by atoms with E-state index >= 15 is 0 Å². The first-order valence-corrected chi connectivity index (χ1v) is 16.0. The van der Waals surface area contributed by atoms with Gasteiger partial charge in [0.15, 0.2) is 5.83 Å². The zero-order valence-corrected chi connectivity index (χ0v) is 27.2. The number of carbonyl (C=O) groups excluding carboxylic acids is 1. The van der Waals surface area contributed by atoms with E-state index < -0.39 is 23.6 Å². The fourth-order valence-corrected chi connectivity index (χ4v) is 7.09. The standard InChI is InChI=1S/C34H38ClF2N7O2/c1-21(36)32(45)44-17-16-43(18-24(44)10-14-38)31-25-11-15-42(28-7-5-6-23-8-9-26(37)30(35)29(23)28)19-27(25)39-33(40-31)46-20-34(12-13-34)22(2)41(3)4/h5-9,22,24H,1,10-13,15-20H2,2-4H3/t22-,24-/m0/s1. The van der Waals surface area contributed by atoms with Gasteiger partial charge in [0.1, 0.15) is 11.6 Å². The lowest BCUT2D eigenvalue weighted by Gasteiger charge is -2.42. The molecule has 1 saturated heterocycles. The minimum atomic E-state index is -1.04. The van der Waals surface area contributed by atoms with Gasteiger partial charge in [0.2, 0.25) is 0 Å². The number of carbonyl (C=O) groups is 1. The van der Waals surface area contributed by atoms with Crippen molar-refractivity contribution in [2.24, 2.45) is 5.41 Å². The molecule has 0 N–H and O–H groups in total. The van der Waals surface area contributed by atoms with E-state index in [4.69, 9.17) is 26.3 Å². The van der Waals surface area contributed by atoms with Gasteiger partial charge in [0.25, 0.3) is 5.91 Å². The summed E-state index contributed by atoms with van der Waals surface area (Å²) < 4.78 is 34.8. The van der Waals surface area contributed by atoms with Crippen LogP contribution in [-0.2, 0) is 17.8 Å². The minimum absolute atomic E-state index is 0.0252. The third-order valence-electron chi connectivity index (χ3n) is 9.92. The number of rotatable bonds is 9. The molecule has 1 aliphatic carbocycles. The fraction of sp³-hybridized carbons (Fsp3) is 0.471. The molecule has 2 aromatic carbocycles. The molecule has 3 heterocycles. The highest BCUT2D eigenvalue weighted by Gasteiger charge is 2.49. The number of amides is 1. The molecule has 0 unspecified atom stereocenters. The van der Waals surface area contributed by atoms with Crippen molar-refractivity contribution in [3.05, 3.63) is 64.8 Å². The Morgan fingerprint density at radius 2 is 2.00 bits per heavy atom. The van der Waals surface area contributed by atoms with E-state index in [0.717, 1.165) is 35.2 Å². The summed E-state index contributed by atoms with van der Waals surface area (Å²) in [7, 11) is 4.14. The molecule has 0 radical (unpaired) electrons. The molecule has 2 fully saturated rings. The van der Waals surface area contributed by atoms with E-state index in [1.165, 1.54) is 11.0 Å². The molecule has 1 aromatic heterocycles. The molecule has 46 heavy (non-hydrogen) atoms. The van der Waals surface area contributed by atoms with Gasteiger partial charge in [-0.25, -0.2) is 8.78 Å². The second kappa shape index (κ2) is 12.6. The van der Waals surface area contributed by atoms with E-state index in [2.05, 4.69) is 48.4 Å². The molecule has 12 heteroatoms. The van der Waals surface area contributed by atoms with Crippen molar-refractivity contribution >= 4 is 39.8 Å². The summed E-state index contributed by atoms with van der Waals surface area (Å²) in [5.41, 5.74) is 2.58. The van der Waals surface area contributed by atoms with Crippen molar-refractivity contribution in [2.75, 3.05) is 56.7 Å². The number of benzene rings is 2. The molecule has 0 spiro atoms. The highest BCUT2D eigenvalue weighted by atomic mass is 35.5. The van der Waals surface area contributed by atoms with Crippen molar-refractivity contribution in [3.8, 4) is 12.1 Å². The number of piperazine rings is 1. The van der Waals surface area contributed by atoms with Gasteiger partial charge in [0, 0.05) is 54.3 Å². The largest absolute Gasteiger partial charge is 0.463 e. The SMILES string of the molecule is C=C(F)C(=O)N1CCN(c2nc(OCC3([C@H](C)N(C)C)CC3)nc3c2CCN(c2cccc4ccc(F)c(Cl)c24)C3)C[C@@H]1CC#N. The van der Waals surface area contributed by atoms with Crippen LogP contribution < -0.4 is 14.5 Å². The first-order valence-electron chi connectivity index (χ1n) is 15.6. The van der Waals surface area contributed by atoms with Crippen LogP contribution >= 0.6 is 11.6 Å². The summed E-state index contributed by atoms with van der Waals surface area (Å²) in [4.78, 5) is 30.2. The molecule has 3 aliphatic rings. The predicted octanol–water partition coefficient (Wildman–Crippen LogP) is 5.51. The number of hydrogen-bond acceptors (Lipinski definition) is 8. The third kappa shape index (κ3) is 5.96. The van der Waals surface area contributed by atoms with Gasteiger partial charge < -0.3 is 24.3 Å². The molecular weight excluding hydrogens is 612 g/mol. The van der Waals surface area contributed by atoms with E-state index in [0.29, 0.717) is 56.5 Å². The number of ether oxygens (including phenoxy) is 1. The first kappa shape index (κ1) is 32.0. The lowest BCUT2D eigenvalue weighted by molar-refractivity contribution is -0.131. The Hall–Kier alpha value is -4.01. The summed E-state index contributed by atoms with van der Waals surface area (Å²) in [6.45, 7) is 7.81.